The number of aryl methyl sites for hydroxylation is 1. The van der Waals surface area contributed by atoms with E-state index in [-0.39, 0.29) is 17.9 Å². The number of nitro benzene ring substituents is 1. The lowest BCUT2D eigenvalue weighted by Crippen LogP contribution is -1.99. The Hall–Kier alpha value is -1.78. The van der Waals surface area contributed by atoms with Crippen LogP contribution in [0.25, 0.3) is 0 Å². The van der Waals surface area contributed by atoms with Crippen molar-refractivity contribution < 1.29 is 14.1 Å². The molecular weight excluding hydrogens is 213 g/mol. The van der Waals surface area contributed by atoms with Crippen molar-refractivity contribution in [2.45, 2.75) is 26.2 Å². The van der Waals surface area contributed by atoms with Gasteiger partial charge in [0.15, 0.2) is 0 Å². The molecule has 4 nitrogen and oxygen atoms in total. The number of nitrogens with zero attached hydrogens (tertiary/aromatic N) is 1. The molecule has 1 aromatic rings. The highest BCUT2D eigenvalue weighted by Gasteiger charge is 2.10. The lowest BCUT2D eigenvalue weighted by atomic mass is 10.1. The van der Waals surface area contributed by atoms with Crippen molar-refractivity contribution in [2.75, 3.05) is 0 Å². The van der Waals surface area contributed by atoms with Crippen molar-refractivity contribution in [1.29, 1.82) is 0 Å². The monoisotopic (exact) mass is 225 g/mol. The van der Waals surface area contributed by atoms with E-state index in [9.17, 15) is 19.3 Å². The van der Waals surface area contributed by atoms with Gasteiger partial charge in [-0.05, 0) is 18.1 Å². The van der Waals surface area contributed by atoms with Crippen molar-refractivity contribution >= 4 is 11.5 Å². The maximum atomic E-state index is 13.0. The van der Waals surface area contributed by atoms with Crippen LogP contribution in [0.15, 0.2) is 18.2 Å². The quantitative estimate of drug-likeness (QED) is 0.571. The van der Waals surface area contributed by atoms with Crippen LogP contribution in [0.1, 0.15) is 25.3 Å². The molecule has 0 amide bonds. The molecule has 0 atom stereocenters. The Bertz CT molecular complexity index is 418. The third-order valence-electron chi connectivity index (χ3n) is 2.24. The number of carbonyl (C=O) groups excluding carboxylic acids is 1. The van der Waals surface area contributed by atoms with Crippen LogP contribution in [-0.2, 0) is 11.2 Å². The normalized spacial score (nSPS) is 10.1. The van der Waals surface area contributed by atoms with Gasteiger partial charge in [0.2, 0.25) is 0 Å². The molecule has 5 heteroatoms. The van der Waals surface area contributed by atoms with E-state index in [0.717, 1.165) is 6.07 Å². The number of carbonyl (C=O) groups is 1. The van der Waals surface area contributed by atoms with E-state index < -0.39 is 10.7 Å². The van der Waals surface area contributed by atoms with Crippen LogP contribution in [0.4, 0.5) is 10.1 Å². The zero-order valence-electron chi connectivity index (χ0n) is 8.90. The number of ketones is 1. The molecule has 0 aliphatic carbocycles. The lowest BCUT2D eigenvalue weighted by Gasteiger charge is -2.00. The molecule has 0 radical (unpaired) electrons. The topological polar surface area (TPSA) is 60.2 Å². The van der Waals surface area contributed by atoms with E-state index in [1.54, 1.807) is 6.92 Å². The molecule has 0 spiro atoms. The van der Waals surface area contributed by atoms with E-state index in [1.807, 2.05) is 0 Å². The van der Waals surface area contributed by atoms with Gasteiger partial charge < -0.3 is 0 Å². The number of benzene rings is 1. The summed E-state index contributed by atoms with van der Waals surface area (Å²) in [6, 6.07) is 3.38. The summed E-state index contributed by atoms with van der Waals surface area (Å²) in [6.07, 6.45) is 1.06. The Morgan fingerprint density at radius 2 is 2.12 bits per heavy atom. The van der Waals surface area contributed by atoms with E-state index in [4.69, 9.17) is 0 Å². The average molecular weight is 225 g/mol. The third kappa shape index (κ3) is 3.42. The van der Waals surface area contributed by atoms with Gasteiger partial charge in [0.25, 0.3) is 5.69 Å². The summed E-state index contributed by atoms with van der Waals surface area (Å²) in [7, 11) is 0. The first-order valence-electron chi connectivity index (χ1n) is 4.98. The lowest BCUT2D eigenvalue weighted by molar-refractivity contribution is -0.385. The summed E-state index contributed by atoms with van der Waals surface area (Å²) in [6.45, 7) is 1.75. The number of hydrogen-bond acceptors (Lipinski definition) is 3. The molecular formula is C11H12FNO3. The summed E-state index contributed by atoms with van der Waals surface area (Å²) >= 11 is 0. The molecule has 86 valence electrons. The van der Waals surface area contributed by atoms with Gasteiger partial charge in [-0.15, -0.1) is 0 Å². The van der Waals surface area contributed by atoms with Crippen molar-refractivity contribution in [3.8, 4) is 0 Å². The summed E-state index contributed by atoms with van der Waals surface area (Å²) in [5, 5.41) is 10.5. The standard InChI is InChI=1S/C11H12FNO3/c1-2-11(14)4-3-8-5-9(12)7-10(6-8)13(15)16/h5-7H,2-4H2,1H3. The number of hydrogen-bond donors (Lipinski definition) is 0. The van der Waals surface area contributed by atoms with Gasteiger partial charge in [0.1, 0.15) is 11.6 Å². The number of rotatable bonds is 5. The maximum absolute atomic E-state index is 13.0. The van der Waals surface area contributed by atoms with E-state index in [1.165, 1.54) is 12.1 Å². The first kappa shape index (κ1) is 12.3. The van der Waals surface area contributed by atoms with E-state index in [0.29, 0.717) is 18.4 Å². The van der Waals surface area contributed by atoms with Crippen LogP contribution in [0.5, 0.6) is 0 Å². The van der Waals surface area contributed by atoms with Gasteiger partial charge in [-0.2, -0.15) is 0 Å². The van der Waals surface area contributed by atoms with Crippen LogP contribution in [0.2, 0.25) is 0 Å². The van der Waals surface area contributed by atoms with Crippen LogP contribution >= 0.6 is 0 Å². The predicted octanol–water partition coefficient (Wildman–Crippen LogP) is 2.65. The first-order valence-corrected chi connectivity index (χ1v) is 4.98. The van der Waals surface area contributed by atoms with E-state index in [2.05, 4.69) is 0 Å². The second kappa shape index (κ2) is 5.34. The summed E-state index contributed by atoms with van der Waals surface area (Å²) in [5.41, 5.74) is 0.201. The fourth-order valence-corrected chi connectivity index (χ4v) is 1.34. The fraction of sp³-hybridized carbons (Fsp3) is 0.364. The van der Waals surface area contributed by atoms with E-state index >= 15 is 0 Å². The Kier molecular flexibility index (Phi) is 4.10. The minimum absolute atomic E-state index is 0.0620. The highest BCUT2D eigenvalue weighted by Crippen LogP contribution is 2.17. The minimum Gasteiger partial charge on any atom is -0.300 e. The van der Waals surface area contributed by atoms with Crippen LogP contribution in [0.3, 0.4) is 0 Å². The molecule has 0 saturated carbocycles. The van der Waals surface area contributed by atoms with Gasteiger partial charge >= 0.3 is 0 Å². The molecule has 16 heavy (non-hydrogen) atoms. The van der Waals surface area contributed by atoms with Gasteiger partial charge in [0, 0.05) is 18.9 Å². The minimum atomic E-state index is -0.645. The van der Waals surface area contributed by atoms with Crippen molar-refractivity contribution in [3.05, 3.63) is 39.7 Å². The Labute approximate surface area is 92.2 Å². The van der Waals surface area contributed by atoms with Gasteiger partial charge in [-0.1, -0.05) is 6.92 Å². The van der Waals surface area contributed by atoms with Gasteiger partial charge in [-0.3, -0.25) is 14.9 Å². The molecule has 0 N–H and O–H groups in total. The Morgan fingerprint density at radius 3 is 2.69 bits per heavy atom. The molecule has 1 aromatic carbocycles. The van der Waals surface area contributed by atoms with Crippen molar-refractivity contribution in [1.82, 2.24) is 0 Å². The highest BCUT2D eigenvalue weighted by molar-refractivity contribution is 5.78. The zero-order chi connectivity index (χ0) is 12.1. The van der Waals surface area contributed by atoms with Crippen LogP contribution in [0, 0.1) is 15.9 Å². The Morgan fingerprint density at radius 1 is 1.44 bits per heavy atom. The first-order chi connectivity index (χ1) is 7.52. The number of nitro groups is 1. The number of halogens is 1. The SMILES string of the molecule is CCC(=O)CCc1cc(F)cc([N+](=O)[O-])c1. The van der Waals surface area contributed by atoms with Gasteiger partial charge in [0.05, 0.1) is 11.0 Å². The number of Topliss-reactive ketones (excluding diaryl/α,β-unsaturated/α-hetero) is 1. The zero-order valence-corrected chi connectivity index (χ0v) is 8.90. The molecule has 1 rings (SSSR count). The summed E-state index contributed by atoms with van der Waals surface area (Å²) in [5.74, 6) is -0.583. The molecule has 0 heterocycles. The largest absolute Gasteiger partial charge is 0.300 e. The Balaban J connectivity index is 2.80. The molecule has 0 unspecified atom stereocenters. The molecule has 0 aliphatic rings. The maximum Gasteiger partial charge on any atom is 0.272 e. The number of non-ortho nitro benzene ring substituents is 1. The average Bonchev–Trinajstić information content (AvgIpc) is 2.25. The summed E-state index contributed by atoms with van der Waals surface area (Å²) in [4.78, 5) is 20.9. The molecule has 0 aromatic heterocycles. The predicted molar refractivity (Wildman–Crippen MR) is 56.7 cm³/mol. The molecule has 0 bridgehead atoms. The third-order valence-corrected chi connectivity index (χ3v) is 2.24. The van der Waals surface area contributed by atoms with Gasteiger partial charge in [-0.25, -0.2) is 4.39 Å². The fourth-order valence-electron chi connectivity index (χ4n) is 1.34. The van der Waals surface area contributed by atoms with Crippen molar-refractivity contribution in [2.24, 2.45) is 0 Å². The molecule has 0 saturated heterocycles. The second-order valence-corrected chi connectivity index (χ2v) is 3.47. The molecule has 0 fully saturated rings. The highest BCUT2D eigenvalue weighted by atomic mass is 19.1. The summed E-state index contributed by atoms with van der Waals surface area (Å²) < 4.78 is 13.0. The second-order valence-electron chi connectivity index (χ2n) is 3.47. The van der Waals surface area contributed by atoms with Crippen LogP contribution in [-0.4, -0.2) is 10.7 Å². The van der Waals surface area contributed by atoms with Crippen molar-refractivity contribution in [3.63, 3.8) is 0 Å². The molecule has 0 aliphatic heterocycles. The smallest absolute Gasteiger partial charge is 0.272 e. The van der Waals surface area contributed by atoms with Crippen LogP contribution < -0.4 is 0 Å².